The highest BCUT2D eigenvalue weighted by molar-refractivity contribution is 7.87. The van der Waals surface area contributed by atoms with E-state index in [1.807, 2.05) is 27.7 Å². The molecule has 1 aliphatic carbocycles. The molecular weight excluding hydrogens is 537 g/mol. The highest BCUT2D eigenvalue weighted by atomic mass is 35.5. The second-order valence-electron chi connectivity index (χ2n) is 12.6. The zero-order chi connectivity index (χ0) is 28.8. The number of halogens is 1. The van der Waals surface area contributed by atoms with Crippen LogP contribution in [0.25, 0.3) is 0 Å². The van der Waals surface area contributed by atoms with Crippen LogP contribution in [0.1, 0.15) is 87.0 Å². The molecule has 1 saturated carbocycles. The maximum atomic E-state index is 13.5. The Labute approximate surface area is 232 Å². The number of carbonyl (C=O) groups excluding carboxylic acids is 2. The molecule has 38 heavy (non-hydrogen) atoms. The highest BCUT2D eigenvalue weighted by Gasteiger charge is 2.73. The maximum absolute atomic E-state index is 13.5. The molecule has 3 atom stereocenters. The van der Waals surface area contributed by atoms with Gasteiger partial charge in [0.1, 0.15) is 16.9 Å². The first-order chi connectivity index (χ1) is 17.4. The van der Waals surface area contributed by atoms with E-state index in [0.717, 1.165) is 0 Å². The van der Waals surface area contributed by atoms with Gasteiger partial charge in [-0.1, -0.05) is 12.8 Å². The number of rotatable bonds is 9. The van der Waals surface area contributed by atoms with Crippen LogP contribution >= 0.6 is 11.6 Å². The van der Waals surface area contributed by atoms with Gasteiger partial charge in [-0.15, -0.1) is 11.6 Å². The van der Waals surface area contributed by atoms with Crippen molar-refractivity contribution in [2.75, 3.05) is 18.9 Å². The van der Waals surface area contributed by atoms with Gasteiger partial charge in [0, 0.05) is 5.41 Å². The van der Waals surface area contributed by atoms with Crippen molar-refractivity contribution >= 4 is 40.9 Å². The molecule has 0 bridgehead atoms. The Hall–Kier alpha value is -1.08. The van der Waals surface area contributed by atoms with E-state index in [0.29, 0.717) is 44.8 Å². The van der Waals surface area contributed by atoms with Crippen LogP contribution in [0.3, 0.4) is 0 Å². The van der Waals surface area contributed by atoms with E-state index in [9.17, 15) is 18.0 Å². The minimum absolute atomic E-state index is 0.128. The number of carbonyl (C=O) groups is 2. The van der Waals surface area contributed by atoms with Crippen molar-refractivity contribution in [2.45, 2.75) is 122 Å². The molecule has 1 unspecified atom stereocenters. The number of amides is 1. The summed E-state index contributed by atoms with van der Waals surface area (Å²) in [6.45, 7) is 13.1. The summed E-state index contributed by atoms with van der Waals surface area (Å²) in [5.74, 6) is -0.596. The SMILES string of the molecule is COC(=O)[C@]12CCC[C@@]1(CCCCB1OC(C)(C)C(C)(C)O1)C(OS(=O)(=O)CCl)CN2C(=O)OC(C)(C)C. The molecule has 10 nitrogen and oxygen atoms in total. The predicted octanol–water partition coefficient (Wildman–Crippen LogP) is 4.49. The molecular formula is C25H43BClNO9S. The smallest absolute Gasteiger partial charge is 0.457 e. The fourth-order valence-electron chi connectivity index (χ4n) is 6.23. The third kappa shape index (κ3) is 5.71. The molecule has 0 radical (unpaired) electrons. The van der Waals surface area contributed by atoms with E-state index in [1.54, 1.807) is 20.8 Å². The van der Waals surface area contributed by atoms with E-state index >= 15 is 0 Å². The second-order valence-corrected chi connectivity index (χ2v) is 14.8. The number of methoxy groups -OCH3 is 1. The highest BCUT2D eigenvalue weighted by Crippen LogP contribution is 2.61. The number of nitrogens with zero attached hydrogens (tertiary/aromatic N) is 1. The molecule has 0 aromatic rings. The molecule has 218 valence electrons. The van der Waals surface area contributed by atoms with Gasteiger partial charge in [-0.2, -0.15) is 8.42 Å². The number of hydrogen-bond acceptors (Lipinski definition) is 9. The van der Waals surface area contributed by atoms with E-state index in [4.69, 9.17) is 34.6 Å². The van der Waals surface area contributed by atoms with E-state index in [-0.39, 0.29) is 13.7 Å². The number of unbranched alkanes of at least 4 members (excludes halogenated alkanes) is 1. The van der Waals surface area contributed by atoms with Crippen LogP contribution in [0.4, 0.5) is 4.79 Å². The fraction of sp³-hybridized carbons (Fsp3) is 0.920. The largest absolute Gasteiger partial charge is 0.467 e. The lowest BCUT2D eigenvalue weighted by Crippen LogP contribution is -2.60. The molecule has 3 fully saturated rings. The second kappa shape index (κ2) is 10.7. The average Bonchev–Trinajstić information content (AvgIpc) is 3.35. The van der Waals surface area contributed by atoms with Crippen LogP contribution in [0.15, 0.2) is 0 Å². The summed E-state index contributed by atoms with van der Waals surface area (Å²) in [5.41, 5.74) is -4.10. The van der Waals surface area contributed by atoms with Crippen molar-refractivity contribution in [1.82, 2.24) is 4.90 Å². The minimum Gasteiger partial charge on any atom is -0.467 e. The first kappa shape index (κ1) is 31.5. The number of ether oxygens (including phenoxy) is 2. The summed E-state index contributed by atoms with van der Waals surface area (Å²) in [6.07, 6.45) is 2.11. The standard InChI is InChI=1S/C25H43BClNO9S/c1-21(2,3)34-20(30)28-16-18(35-38(31,32)17-27)24(13-11-14-25(24,28)19(29)33-8)12-9-10-15-26-36-22(4,5)23(6,7)37-26/h18H,9-17H2,1-8H3/t18?,24-,25+/m0/s1. The van der Waals surface area contributed by atoms with E-state index in [2.05, 4.69) is 0 Å². The molecule has 0 spiro atoms. The number of fused-ring (bicyclic) bond motifs is 1. The third-order valence-electron chi connectivity index (χ3n) is 8.56. The monoisotopic (exact) mass is 579 g/mol. The van der Waals surface area contributed by atoms with Gasteiger partial charge in [-0.3, -0.25) is 9.08 Å². The Bertz CT molecular complexity index is 999. The van der Waals surface area contributed by atoms with Gasteiger partial charge in [-0.05, 0) is 80.5 Å². The molecule has 1 amide bonds. The van der Waals surface area contributed by atoms with Gasteiger partial charge in [0.15, 0.2) is 5.54 Å². The Balaban J connectivity index is 1.90. The fourth-order valence-corrected chi connectivity index (χ4v) is 7.03. The van der Waals surface area contributed by atoms with Crippen LogP contribution in [-0.2, 0) is 37.9 Å². The van der Waals surface area contributed by atoms with Crippen LogP contribution in [0.5, 0.6) is 0 Å². The number of likely N-dealkylation sites (tertiary alicyclic amines) is 1. The van der Waals surface area contributed by atoms with Gasteiger partial charge in [0.05, 0.1) is 24.9 Å². The van der Waals surface area contributed by atoms with Crippen molar-refractivity contribution in [3.8, 4) is 0 Å². The van der Waals surface area contributed by atoms with Crippen molar-refractivity contribution in [1.29, 1.82) is 0 Å². The molecule has 0 aromatic carbocycles. The topological polar surface area (TPSA) is 118 Å². The van der Waals surface area contributed by atoms with Gasteiger partial charge in [0.25, 0.3) is 10.1 Å². The Morgan fingerprint density at radius 3 is 2.21 bits per heavy atom. The Kier molecular flexibility index (Phi) is 8.88. The van der Waals surface area contributed by atoms with Crippen molar-refractivity contribution in [2.24, 2.45) is 5.41 Å². The van der Waals surface area contributed by atoms with Crippen LogP contribution in [0.2, 0.25) is 6.32 Å². The predicted molar refractivity (Wildman–Crippen MR) is 143 cm³/mol. The van der Waals surface area contributed by atoms with Crippen molar-refractivity contribution in [3.63, 3.8) is 0 Å². The lowest BCUT2D eigenvalue weighted by Gasteiger charge is -2.43. The summed E-state index contributed by atoms with van der Waals surface area (Å²) in [4.78, 5) is 28.3. The average molecular weight is 580 g/mol. The molecule has 2 aliphatic heterocycles. The van der Waals surface area contributed by atoms with E-state index in [1.165, 1.54) is 12.0 Å². The van der Waals surface area contributed by atoms with Gasteiger partial charge >= 0.3 is 19.2 Å². The first-order valence-corrected chi connectivity index (χ1v) is 15.4. The van der Waals surface area contributed by atoms with Gasteiger partial charge in [0.2, 0.25) is 0 Å². The molecule has 0 N–H and O–H groups in total. The quantitative estimate of drug-likeness (QED) is 0.128. The van der Waals surface area contributed by atoms with Gasteiger partial charge < -0.3 is 18.8 Å². The number of hydrogen-bond donors (Lipinski definition) is 0. The molecule has 3 rings (SSSR count). The molecule has 3 aliphatic rings. The zero-order valence-corrected chi connectivity index (χ0v) is 25.5. The Morgan fingerprint density at radius 1 is 1.08 bits per heavy atom. The van der Waals surface area contributed by atoms with E-state index < -0.39 is 61.3 Å². The lowest BCUT2D eigenvalue weighted by molar-refractivity contribution is -0.159. The summed E-state index contributed by atoms with van der Waals surface area (Å²) < 4.78 is 53.8. The van der Waals surface area contributed by atoms with Crippen LogP contribution in [0, 0.1) is 5.41 Å². The third-order valence-corrected chi connectivity index (χ3v) is 10.2. The molecule has 13 heteroatoms. The molecule has 2 saturated heterocycles. The summed E-state index contributed by atoms with van der Waals surface area (Å²) in [7, 11) is -3.19. The summed E-state index contributed by atoms with van der Waals surface area (Å²) in [6, 6.07) is 0. The molecule has 0 aromatic heterocycles. The van der Waals surface area contributed by atoms with Crippen molar-refractivity contribution in [3.05, 3.63) is 0 Å². The zero-order valence-electron chi connectivity index (χ0n) is 23.9. The van der Waals surface area contributed by atoms with Crippen LogP contribution < -0.4 is 0 Å². The first-order valence-electron chi connectivity index (χ1n) is 13.3. The Morgan fingerprint density at radius 2 is 1.68 bits per heavy atom. The lowest BCUT2D eigenvalue weighted by atomic mass is 9.67. The number of alkyl halides is 1. The maximum Gasteiger partial charge on any atom is 0.457 e. The van der Waals surface area contributed by atoms with Gasteiger partial charge in [-0.25, -0.2) is 9.59 Å². The summed E-state index contributed by atoms with van der Waals surface area (Å²) >= 11 is 5.68. The summed E-state index contributed by atoms with van der Waals surface area (Å²) in [5, 5.41) is -0.737. The normalized spacial score (nSPS) is 30.4. The molecule has 2 heterocycles. The van der Waals surface area contributed by atoms with Crippen molar-refractivity contribution < 1.29 is 41.0 Å². The van der Waals surface area contributed by atoms with Crippen LogP contribution in [-0.4, -0.2) is 79.8 Å². The minimum atomic E-state index is -4.10. The number of esters is 1.